The van der Waals surface area contributed by atoms with Gasteiger partial charge in [-0.1, -0.05) is 0 Å². The van der Waals surface area contributed by atoms with Crippen LogP contribution in [0.4, 0.5) is 15.8 Å². The van der Waals surface area contributed by atoms with Gasteiger partial charge in [-0.05, 0) is 24.3 Å². The van der Waals surface area contributed by atoms with Gasteiger partial charge in [-0.25, -0.2) is 4.39 Å². The first-order valence-corrected chi connectivity index (χ1v) is 5.38. The molecule has 0 spiro atoms. The summed E-state index contributed by atoms with van der Waals surface area (Å²) in [6.07, 6.45) is 1.43. The molecule has 19 heavy (non-hydrogen) atoms. The number of H-pyrrole nitrogens is 1. The second-order valence-corrected chi connectivity index (χ2v) is 3.69. The predicted octanol–water partition coefficient (Wildman–Crippen LogP) is 2.14. The Kier molecular flexibility index (Phi) is 3.48. The highest BCUT2D eigenvalue weighted by molar-refractivity contribution is 5.66. The first-order chi connectivity index (χ1) is 9.15. The van der Waals surface area contributed by atoms with Gasteiger partial charge in [0, 0.05) is 6.20 Å². The maximum Gasteiger partial charge on any atom is 0.292 e. The lowest BCUT2D eigenvalue weighted by Gasteiger charge is -2.10. The second kappa shape index (κ2) is 5.23. The summed E-state index contributed by atoms with van der Waals surface area (Å²) in [6.45, 7) is 0. The topological polar surface area (TPSA) is 77.9 Å². The highest BCUT2D eigenvalue weighted by Gasteiger charge is 2.10. The Morgan fingerprint density at radius 1 is 1.37 bits per heavy atom. The van der Waals surface area contributed by atoms with E-state index in [-0.39, 0.29) is 17.0 Å². The van der Waals surface area contributed by atoms with Crippen molar-refractivity contribution in [2.45, 2.75) is 0 Å². The quantitative estimate of drug-likeness (QED) is 0.885. The van der Waals surface area contributed by atoms with Gasteiger partial charge in [0.25, 0.3) is 5.56 Å². The fraction of sp³-hybridized carbons (Fsp3) is 0.0769. The van der Waals surface area contributed by atoms with Gasteiger partial charge in [0.1, 0.15) is 5.82 Å². The Morgan fingerprint density at radius 3 is 2.79 bits per heavy atom. The van der Waals surface area contributed by atoms with Gasteiger partial charge < -0.3 is 15.0 Å². The number of pyridine rings is 1. The molecule has 0 fully saturated rings. The lowest BCUT2D eigenvalue weighted by molar-refractivity contribution is 0.410. The molecule has 0 bridgehead atoms. The molecule has 0 unspecified atom stereocenters. The Labute approximate surface area is 108 Å². The van der Waals surface area contributed by atoms with Gasteiger partial charge >= 0.3 is 0 Å². The summed E-state index contributed by atoms with van der Waals surface area (Å²) in [6, 6.07) is 7.41. The summed E-state index contributed by atoms with van der Waals surface area (Å²) in [5.41, 5.74) is 0.306. The largest absolute Gasteiger partial charge is 0.490 e. The molecule has 2 rings (SSSR count). The van der Waals surface area contributed by atoms with Gasteiger partial charge in [-0.15, -0.1) is 0 Å². The molecule has 0 aliphatic rings. The molecule has 0 radical (unpaired) electrons. The predicted molar refractivity (Wildman–Crippen MR) is 68.0 cm³/mol. The normalized spacial score (nSPS) is 9.74. The molecule has 0 atom stereocenters. The molecule has 6 heteroatoms. The van der Waals surface area contributed by atoms with Gasteiger partial charge in [0.05, 0.1) is 30.1 Å². The van der Waals surface area contributed by atoms with Gasteiger partial charge in [0.2, 0.25) is 5.75 Å². The van der Waals surface area contributed by atoms with E-state index in [2.05, 4.69) is 10.3 Å². The third-order valence-corrected chi connectivity index (χ3v) is 2.49. The van der Waals surface area contributed by atoms with Crippen LogP contribution in [0, 0.1) is 17.1 Å². The van der Waals surface area contributed by atoms with Crippen molar-refractivity contribution in [2.75, 3.05) is 12.4 Å². The first kappa shape index (κ1) is 12.6. The van der Waals surface area contributed by atoms with E-state index < -0.39 is 11.4 Å². The smallest absolute Gasteiger partial charge is 0.292 e. The zero-order chi connectivity index (χ0) is 13.8. The number of rotatable bonds is 3. The molecule has 0 amide bonds. The van der Waals surface area contributed by atoms with Crippen LogP contribution in [-0.4, -0.2) is 12.1 Å². The summed E-state index contributed by atoms with van der Waals surface area (Å²) < 4.78 is 18.7. The average Bonchev–Trinajstić information content (AvgIpc) is 2.41. The Hall–Kier alpha value is -2.81. The molecule has 0 saturated heterocycles. The number of benzene rings is 1. The van der Waals surface area contributed by atoms with Crippen LogP contribution >= 0.6 is 0 Å². The van der Waals surface area contributed by atoms with E-state index in [0.717, 1.165) is 6.07 Å². The van der Waals surface area contributed by atoms with Crippen LogP contribution < -0.4 is 15.6 Å². The van der Waals surface area contributed by atoms with Crippen molar-refractivity contribution >= 4 is 11.4 Å². The number of aromatic nitrogens is 1. The molecule has 1 aromatic carbocycles. The third-order valence-electron chi connectivity index (χ3n) is 2.49. The standard InChI is InChI=1S/C13H10FN3O2/c1-19-12-11(4-5-16-13(12)18)17-10-3-2-8(7-15)6-9(10)14/h2-6H,1H3,(H2,16,17,18). The molecule has 1 aromatic heterocycles. The van der Waals surface area contributed by atoms with Crippen LogP contribution in [0.5, 0.6) is 5.75 Å². The fourth-order valence-corrected chi connectivity index (χ4v) is 1.60. The maximum atomic E-state index is 13.7. The van der Waals surface area contributed by atoms with E-state index in [1.807, 2.05) is 6.07 Å². The summed E-state index contributed by atoms with van der Waals surface area (Å²) in [4.78, 5) is 13.9. The molecular formula is C13H10FN3O2. The zero-order valence-electron chi connectivity index (χ0n) is 10.0. The minimum atomic E-state index is -0.582. The number of halogens is 1. The number of methoxy groups -OCH3 is 1. The minimum absolute atomic E-state index is 0.0614. The first-order valence-electron chi connectivity index (χ1n) is 5.38. The average molecular weight is 259 g/mol. The van der Waals surface area contributed by atoms with Crippen molar-refractivity contribution in [3.05, 3.63) is 52.2 Å². The molecule has 2 N–H and O–H groups in total. The van der Waals surface area contributed by atoms with Crippen LogP contribution in [0.25, 0.3) is 0 Å². The SMILES string of the molecule is COc1c(Nc2ccc(C#N)cc2F)cc[nH]c1=O. The van der Waals surface area contributed by atoms with E-state index in [1.165, 1.54) is 25.4 Å². The molecule has 96 valence electrons. The summed E-state index contributed by atoms with van der Waals surface area (Å²) >= 11 is 0. The lowest BCUT2D eigenvalue weighted by atomic mass is 10.2. The van der Waals surface area contributed by atoms with Crippen LogP contribution in [-0.2, 0) is 0 Å². The van der Waals surface area contributed by atoms with Crippen molar-refractivity contribution in [3.63, 3.8) is 0 Å². The second-order valence-electron chi connectivity index (χ2n) is 3.69. The van der Waals surface area contributed by atoms with Crippen molar-refractivity contribution < 1.29 is 9.13 Å². The van der Waals surface area contributed by atoms with E-state index in [4.69, 9.17) is 10.00 Å². The van der Waals surface area contributed by atoms with E-state index >= 15 is 0 Å². The molecular weight excluding hydrogens is 249 g/mol. The van der Waals surface area contributed by atoms with Crippen LogP contribution in [0.3, 0.4) is 0 Å². The number of nitrogens with zero attached hydrogens (tertiary/aromatic N) is 1. The lowest BCUT2D eigenvalue weighted by Crippen LogP contribution is -2.10. The Bertz CT molecular complexity index is 704. The third kappa shape index (κ3) is 2.55. The van der Waals surface area contributed by atoms with E-state index in [1.54, 1.807) is 6.07 Å². The number of aromatic amines is 1. The van der Waals surface area contributed by atoms with Crippen LogP contribution in [0.2, 0.25) is 0 Å². The van der Waals surface area contributed by atoms with E-state index in [9.17, 15) is 9.18 Å². The number of nitriles is 1. The molecule has 5 nitrogen and oxygen atoms in total. The summed E-state index contributed by atoms with van der Waals surface area (Å²) in [5, 5.41) is 11.4. The number of ether oxygens (including phenoxy) is 1. The van der Waals surface area contributed by atoms with Crippen LogP contribution in [0.1, 0.15) is 5.56 Å². The molecule has 0 aliphatic heterocycles. The van der Waals surface area contributed by atoms with Gasteiger partial charge in [-0.2, -0.15) is 5.26 Å². The molecule has 2 aromatic rings. The van der Waals surface area contributed by atoms with Crippen molar-refractivity contribution in [2.24, 2.45) is 0 Å². The molecule has 1 heterocycles. The Balaban J connectivity index is 2.40. The van der Waals surface area contributed by atoms with Gasteiger partial charge in [-0.3, -0.25) is 4.79 Å². The van der Waals surface area contributed by atoms with Crippen molar-refractivity contribution in [1.82, 2.24) is 4.98 Å². The summed E-state index contributed by atoms with van der Waals surface area (Å²) in [5.74, 6) is -0.521. The van der Waals surface area contributed by atoms with Crippen molar-refractivity contribution in [3.8, 4) is 11.8 Å². The number of anilines is 2. The number of nitrogens with one attached hydrogen (secondary N) is 2. The highest BCUT2D eigenvalue weighted by Crippen LogP contribution is 2.25. The fourth-order valence-electron chi connectivity index (χ4n) is 1.60. The maximum absolute atomic E-state index is 13.7. The monoisotopic (exact) mass is 259 g/mol. The molecule has 0 saturated carbocycles. The number of hydrogen-bond donors (Lipinski definition) is 2. The van der Waals surface area contributed by atoms with E-state index in [0.29, 0.717) is 5.69 Å². The highest BCUT2D eigenvalue weighted by atomic mass is 19.1. The van der Waals surface area contributed by atoms with Crippen molar-refractivity contribution in [1.29, 1.82) is 5.26 Å². The zero-order valence-corrected chi connectivity index (χ0v) is 10.0. The molecule has 0 aliphatic carbocycles. The summed E-state index contributed by atoms with van der Waals surface area (Å²) in [7, 11) is 1.35. The number of hydrogen-bond acceptors (Lipinski definition) is 4. The van der Waals surface area contributed by atoms with Crippen LogP contribution in [0.15, 0.2) is 35.3 Å². The minimum Gasteiger partial charge on any atom is -0.490 e. The van der Waals surface area contributed by atoms with Gasteiger partial charge in [0.15, 0.2) is 0 Å². The Morgan fingerprint density at radius 2 is 2.16 bits per heavy atom.